The van der Waals surface area contributed by atoms with Crippen molar-refractivity contribution in [3.8, 4) is 0 Å². The van der Waals surface area contributed by atoms with Gasteiger partial charge in [0.25, 0.3) is 0 Å². The van der Waals surface area contributed by atoms with Gasteiger partial charge in [-0.3, -0.25) is 0 Å². The smallest absolute Gasteiger partial charge is 0.460 e. The lowest BCUT2D eigenvalue weighted by Gasteiger charge is -2.34. The topological polar surface area (TPSA) is 87.4 Å². The van der Waals surface area contributed by atoms with Crippen LogP contribution in [0.25, 0.3) is 11.0 Å². The first kappa shape index (κ1) is 32.0. The molecule has 0 fully saturated rings. The number of fused-ring (bicyclic) bond motifs is 1. The maximum absolute atomic E-state index is 12.2. The molecule has 0 spiro atoms. The number of benzene rings is 3. The van der Waals surface area contributed by atoms with Crippen LogP contribution in [-0.2, 0) is 21.0 Å². The third-order valence-corrected chi connectivity index (χ3v) is 8.40. The Morgan fingerprint density at radius 2 is 1.12 bits per heavy atom. The molecule has 0 amide bonds. The quantitative estimate of drug-likeness (QED) is 0.101. The van der Waals surface area contributed by atoms with E-state index in [1.165, 1.54) is 15.9 Å². The highest BCUT2D eigenvalue weighted by Crippen LogP contribution is 2.54. The molecule has 0 N–H and O–H groups in total. The second-order valence-corrected chi connectivity index (χ2v) is 11.4. The monoisotopic (exact) mass is 630 g/mol. The molecule has 0 atom stereocenters. The average molecular weight is 631 g/mol. The van der Waals surface area contributed by atoms with Crippen LogP contribution in [0.15, 0.2) is 115 Å². The summed E-state index contributed by atoms with van der Waals surface area (Å²) in [6.45, 7) is 0. The normalized spacial score (nSPS) is 13.1. The summed E-state index contributed by atoms with van der Waals surface area (Å²) in [5.74, 6) is -14.8. The molecule has 220 valence electrons. The van der Waals surface area contributed by atoms with Gasteiger partial charge in [0.2, 0.25) is 0 Å². The lowest BCUT2D eigenvalue weighted by Crippen LogP contribution is -2.63. The predicted octanol–water partition coefficient (Wildman–Crippen LogP) is 6.85. The van der Waals surface area contributed by atoms with Crippen LogP contribution in [0.2, 0.25) is 0 Å². The third kappa shape index (κ3) is 6.23. The second-order valence-electron chi connectivity index (χ2n) is 7.97. The Morgan fingerprint density at radius 1 is 0.634 bits per heavy atom. The molecule has 5 nitrogen and oxygen atoms in total. The third-order valence-electron chi connectivity index (χ3n) is 5.23. The van der Waals surface area contributed by atoms with Crippen LogP contribution in [0, 0.1) is 0 Å². The fraction of sp³-hybridized carbons (Fsp3) is 0.160. The standard InChI is InChI=1S/C21H15O2S.C4HF9O3S/c22-21-15-14-18-19(23-21)12-7-13-20(18)24(16-8-3-1-4-9-16)17-10-5-2-6-11-17;5-1(6,3(9,10)11)2(7,8)4(12,13)17(14,15)16/h1-15H;(H,14,15,16)/q+1;/p-1. The van der Waals surface area contributed by atoms with E-state index >= 15 is 0 Å². The SMILES string of the molecule is O=S(=O)([O-])C(F)(F)C(F)(F)C(F)(F)C(F)(F)F.O=c1ccc2c([S+](c3ccccc3)c3ccccc3)cccc2o1. The van der Waals surface area contributed by atoms with E-state index in [2.05, 4.69) is 54.6 Å². The molecule has 0 saturated heterocycles. The first-order chi connectivity index (χ1) is 18.8. The van der Waals surface area contributed by atoms with E-state index in [0.29, 0.717) is 5.58 Å². The predicted molar refractivity (Wildman–Crippen MR) is 128 cm³/mol. The highest BCUT2D eigenvalue weighted by atomic mass is 32.2. The largest absolute Gasteiger partial charge is 0.743 e. The van der Waals surface area contributed by atoms with E-state index in [0.717, 1.165) is 10.3 Å². The Morgan fingerprint density at radius 3 is 1.56 bits per heavy atom. The fourth-order valence-corrected chi connectivity index (χ4v) is 5.95. The molecule has 4 rings (SSSR count). The summed E-state index contributed by atoms with van der Waals surface area (Å²) in [5, 5.41) is -6.13. The van der Waals surface area contributed by atoms with E-state index < -0.39 is 33.4 Å². The summed E-state index contributed by atoms with van der Waals surface area (Å²) < 4.78 is 141. The van der Waals surface area contributed by atoms with E-state index in [4.69, 9.17) is 4.42 Å². The second kappa shape index (κ2) is 11.4. The van der Waals surface area contributed by atoms with Gasteiger partial charge in [0.05, 0.1) is 5.39 Å². The maximum Gasteiger partial charge on any atom is 0.460 e. The molecule has 0 saturated carbocycles. The minimum Gasteiger partial charge on any atom is -0.743 e. The van der Waals surface area contributed by atoms with E-state index in [1.54, 1.807) is 0 Å². The lowest BCUT2D eigenvalue weighted by atomic mass is 10.1. The zero-order valence-corrected chi connectivity index (χ0v) is 21.6. The lowest BCUT2D eigenvalue weighted by molar-refractivity contribution is -0.382. The van der Waals surface area contributed by atoms with E-state index in [-0.39, 0.29) is 16.5 Å². The van der Waals surface area contributed by atoms with Gasteiger partial charge in [-0.15, -0.1) is 0 Å². The summed E-state index contributed by atoms with van der Waals surface area (Å²) in [5.41, 5.74) is 0.309. The van der Waals surface area contributed by atoms with E-state index in [1.807, 2.05) is 30.3 Å². The molecule has 0 radical (unpaired) electrons. The number of rotatable bonds is 6. The molecule has 0 aliphatic carbocycles. The first-order valence-electron chi connectivity index (χ1n) is 10.9. The summed E-state index contributed by atoms with van der Waals surface area (Å²) in [6.07, 6.45) is -7.16. The van der Waals surface area contributed by atoms with Crippen molar-refractivity contribution >= 4 is 32.0 Å². The Bertz CT molecular complexity index is 1620. The number of hydrogen-bond donors (Lipinski definition) is 0. The molecule has 4 aromatic rings. The molecular weight excluding hydrogens is 615 g/mol. The average Bonchev–Trinajstić information content (AvgIpc) is 2.89. The van der Waals surface area contributed by atoms with Crippen LogP contribution in [0.5, 0.6) is 0 Å². The van der Waals surface area contributed by atoms with Gasteiger partial charge in [0.15, 0.2) is 24.8 Å². The van der Waals surface area contributed by atoms with Gasteiger partial charge in [0, 0.05) is 6.07 Å². The Labute approximate surface area is 228 Å². The highest BCUT2D eigenvalue weighted by molar-refractivity contribution is 7.97. The zero-order chi connectivity index (χ0) is 30.9. The molecule has 0 bridgehead atoms. The van der Waals surface area contributed by atoms with Gasteiger partial charge >= 0.3 is 28.9 Å². The molecule has 0 unspecified atom stereocenters. The van der Waals surface area contributed by atoms with Crippen LogP contribution in [0.4, 0.5) is 39.5 Å². The maximum atomic E-state index is 12.2. The van der Waals surface area contributed by atoms with Crippen molar-refractivity contribution in [2.45, 2.75) is 38.0 Å². The fourth-order valence-electron chi connectivity index (χ4n) is 3.27. The summed E-state index contributed by atoms with van der Waals surface area (Å²) in [7, 11) is -7.67. The summed E-state index contributed by atoms with van der Waals surface area (Å²) in [4.78, 5) is 15.2. The minimum atomic E-state index is -7.43. The molecule has 41 heavy (non-hydrogen) atoms. The number of halogens is 9. The molecule has 1 aromatic heterocycles. The van der Waals surface area contributed by atoms with Crippen molar-refractivity contribution in [2.24, 2.45) is 0 Å². The van der Waals surface area contributed by atoms with Crippen LogP contribution in [0.3, 0.4) is 0 Å². The molecule has 0 aliphatic heterocycles. The van der Waals surface area contributed by atoms with Crippen LogP contribution < -0.4 is 5.63 Å². The van der Waals surface area contributed by atoms with E-state index in [9.17, 15) is 57.3 Å². The van der Waals surface area contributed by atoms with Crippen LogP contribution in [-0.4, -0.2) is 36.2 Å². The van der Waals surface area contributed by atoms with Crippen molar-refractivity contribution in [2.75, 3.05) is 0 Å². The Hall–Kier alpha value is -3.50. The number of hydrogen-bond acceptors (Lipinski definition) is 5. The van der Waals surface area contributed by atoms with Gasteiger partial charge in [-0.1, -0.05) is 42.5 Å². The summed E-state index contributed by atoms with van der Waals surface area (Å²) >= 11 is 0. The Balaban J connectivity index is 0.000000242. The molecule has 1 heterocycles. The van der Waals surface area contributed by atoms with Crippen molar-refractivity contribution in [3.63, 3.8) is 0 Å². The molecule has 16 heteroatoms. The van der Waals surface area contributed by atoms with Crippen LogP contribution >= 0.6 is 0 Å². The first-order valence-corrected chi connectivity index (χ1v) is 13.5. The van der Waals surface area contributed by atoms with Gasteiger partial charge in [-0.25, -0.2) is 13.2 Å². The molecular formula is C25H15F9O5S2. The zero-order valence-electron chi connectivity index (χ0n) is 19.9. The van der Waals surface area contributed by atoms with Gasteiger partial charge in [0.1, 0.15) is 16.5 Å². The van der Waals surface area contributed by atoms with Gasteiger partial charge < -0.3 is 8.97 Å². The molecule has 3 aromatic carbocycles. The van der Waals surface area contributed by atoms with Crippen molar-refractivity contribution in [1.29, 1.82) is 0 Å². The van der Waals surface area contributed by atoms with Crippen molar-refractivity contribution < 1.29 is 56.9 Å². The summed E-state index contributed by atoms with van der Waals surface area (Å²) in [6, 6.07) is 30.1. The van der Waals surface area contributed by atoms with Crippen LogP contribution in [0.1, 0.15) is 0 Å². The Kier molecular flexibility index (Phi) is 8.91. The van der Waals surface area contributed by atoms with Gasteiger partial charge in [-0.2, -0.15) is 39.5 Å². The van der Waals surface area contributed by atoms with Crippen molar-refractivity contribution in [1.82, 2.24) is 0 Å². The van der Waals surface area contributed by atoms with Crippen molar-refractivity contribution in [3.05, 3.63) is 101 Å². The molecule has 0 aliphatic rings. The minimum absolute atomic E-state index is 0.258. The number of alkyl halides is 9. The highest BCUT2D eigenvalue weighted by Gasteiger charge is 2.83. The van der Waals surface area contributed by atoms with Gasteiger partial charge in [-0.05, 0) is 42.5 Å².